The van der Waals surface area contributed by atoms with Gasteiger partial charge in [-0.25, -0.2) is 4.98 Å². The van der Waals surface area contributed by atoms with Crippen LogP contribution in [0.2, 0.25) is 5.02 Å². The molecule has 0 aliphatic rings. The van der Waals surface area contributed by atoms with E-state index >= 15 is 0 Å². The van der Waals surface area contributed by atoms with Gasteiger partial charge in [-0.05, 0) is 24.7 Å². The molecule has 0 aliphatic carbocycles. The fraction of sp³-hybridized carbons (Fsp3) is 0.150. The molecular formula is C20H17ClN4OS. The van der Waals surface area contributed by atoms with E-state index < -0.39 is 0 Å². The molecule has 0 saturated heterocycles. The Morgan fingerprint density at radius 2 is 1.81 bits per heavy atom. The van der Waals surface area contributed by atoms with Crippen LogP contribution < -0.4 is 5.56 Å². The van der Waals surface area contributed by atoms with Crippen LogP contribution in [0, 0.1) is 0 Å². The topological polar surface area (TPSA) is 50.5 Å². The summed E-state index contributed by atoms with van der Waals surface area (Å²) in [6.45, 7) is 1.32. The molecular weight excluding hydrogens is 380 g/mol. The second kappa shape index (κ2) is 7.60. The van der Waals surface area contributed by atoms with E-state index in [0.717, 1.165) is 33.4 Å². The number of benzene rings is 2. The van der Waals surface area contributed by atoms with Crippen molar-refractivity contribution >= 4 is 27.9 Å². The third-order valence-corrected chi connectivity index (χ3v) is 5.33. The highest BCUT2D eigenvalue weighted by molar-refractivity contribution is 7.19. The lowest BCUT2D eigenvalue weighted by Gasteiger charge is -2.16. The highest BCUT2D eigenvalue weighted by Crippen LogP contribution is 2.24. The lowest BCUT2D eigenvalue weighted by Crippen LogP contribution is -2.21. The van der Waals surface area contributed by atoms with Crippen LogP contribution in [-0.4, -0.2) is 26.5 Å². The van der Waals surface area contributed by atoms with Crippen molar-refractivity contribution in [3.63, 3.8) is 0 Å². The first kappa shape index (κ1) is 17.9. The summed E-state index contributed by atoms with van der Waals surface area (Å²) < 4.78 is 1.37. The fourth-order valence-corrected chi connectivity index (χ4v) is 3.92. The Hall–Kier alpha value is -2.54. The van der Waals surface area contributed by atoms with Gasteiger partial charge in [0.25, 0.3) is 5.56 Å². The molecule has 4 aromatic rings. The van der Waals surface area contributed by atoms with Crippen molar-refractivity contribution in [3.8, 4) is 10.6 Å². The molecule has 0 N–H and O–H groups in total. The van der Waals surface area contributed by atoms with Gasteiger partial charge in [0.1, 0.15) is 5.01 Å². The molecule has 4 rings (SSSR count). The van der Waals surface area contributed by atoms with E-state index in [2.05, 4.69) is 15.0 Å². The second-order valence-electron chi connectivity index (χ2n) is 6.35. The van der Waals surface area contributed by atoms with Gasteiger partial charge in [0.05, 0.1) is 5.69 Å². The number of rotatable bonds is 5. The minimum Gasteiger partial charge on any atom is -0.296 e. The van der Waals surface area contributed by atoms with Gasteiger partial charge in [-0.3, -0.25) is 9.69 Å². The molecule has 2 aromatic carbocycles. The quantitative estimate of drug-likeness (QED) is 0.509. The first-order chi connectivity index (χ1) is 13.1. The number of hydrogen-bond donors (Lipinski definition) is 0. The summed E-state index contributed by atoms with van der Waals surface area (Å²) in [7, 11) is 2.00. The highest BCUT2D eigenvalue weighted by atomic mass is 35.5. The summed E-state index contributed by atoms with van der Waals surface area (Å²) in [5.74, 6) is 0. The minimum absolute atomic E-state index is 0.159. The van der Waals surface area contributed by atoms with Crippen molar-refractivity contribution in [2.75, 3.05) is 7.05 Å². The Labute approximate surface area is 165 Å². The molecule has 0 unspecified atom stereocenters. The Morgan fingerprint density at radius 1 is 1.07 bits per heavy atom. The van der Waals surface area contributed by atoms with Crippen molar-refractivity contribution in [1.29, 1.82) is 0 Å². The minimum atomic E-state index is -0.159. The molecule has 5 nitrogen and oxygen atoms in total. The van der Waals surface area contributed by atoms with Gasteiger partial charge in [-0.1, -0.05) is 65.4 Å². The Balaban J connectivity index is 1.57. The summed E-state index contributed by atoms with van der Waals surface area (Å²) in [6.07, 6.45) is 0. The molecule has 0 atom stereocenters. The lowest BCUT2D eigenvalue weighted by molar-refractivity contribution is 0.315. The van der Waals surface area contributed by atoms with Crippen molar-refractivity contribution < 1.29 is 0 Å². The van der Waals surface area contributed by atoms with Crippen molar-refractivity contribution in [3.05, 3.63) is 87.3 Å². The molecule has 0 amide bonds. The van der Waals surface area contributed by atoms with Gasteiger partial charge < -0.3 is 0 Å². The van der Waals surface area contributed by atoms with Gasteiger partial charge in [0.15, 0.2) is 0 Å². The van der Waals surface area contributed by atoms with Gasteiger partial charge in [0, 0.05) is 29.7 Å². The van der Waals surface area contributed by atoms with Crippen molar-refractivity contribution in [2.45, 2.75) is 13.1 Å². The summed E-state index contributed by atoms with van der Waals surface area (Å²) >= 11 is 7.35. The van der Waals surface area contributed by atoms with E-state index in [1.807, 2.05) is 61.6 Å². The van der Waals surface area contributed by atoms with Crippen LogP contribution in [0.4, 0.5) is 0 Å². The number of aromatic nitrogens is 3. The monoisotopic (exact) mass is 396 g/mol. The van der Waals surface area contributed by atoms with Crippen molar-refractivity contribution in [1.82, 2.24) is 19.5 Å². The summed E-state index contributed by atoms with van der Waals surface area (Å²) in [4.78, 5) is 19.8. The second-order valence-corrected chi connectivity index (χ2v) is 7.74. The van der Waals surface area contributed by atoms with E-state index in [9.17, 15) is 4.79 Å². The Morgan fingerprint density at radius 3 is 2.56 bits per heavy atom. The molecule has 0 aliphatic heterocycles. The average molecular weight is 397 g/mol. The van der Waals surface area contributed by atoms with Gasteiger partial charge >= 0.3 is 0 Å². The average Bonchev–Trinajstić information content (AvgIpc) is 3.09. The summed E-state index contributed by atoms with van der Waals surface area (Å²) in [5.41, 5.74) is 2.71. The van der Waals surface area contributed by atoms with Crippen LogP contribution in [0.25, 0.3) is 15.5 Å². The summed E-state index contributed by atoms with van der Waals surface area (Å²) in [5, 5.41) is 5.92. The zero-order valence-electron chi connectivity index (χ0n) is 14.7. The van der Waals surface area contributed by atoms with Gasteiger partial charge in [-0.2, -0.15) is 9.61 Å². The molecule has 0 radical (unpaired) electrons. The van der Waals surface area contributed by atoms with Crippen LogP contribution in [0.5, 0.6) is 0 Å². The maximum absolute atomic E-state index is 12.5. The van der Waals surface area contributed by atoms with Crippen molar-refractivity contribution in [2.24, 2.45) is 0 Å². The largest absolute Gasteiger partial charge is 0.296 e. The molecule has 0 fully saturated rings. The maximum atomic E-state index is 12.5. The SMILES string of the molecule is CN(Cc1ccc(Cl)cc1)Cc1cc(=O)n2nc(-c3ccccc3)sc2n1. The first-order valence-corrected chi connectivity index (χ1v) is 9.66. The fourth-order valence-electron chi connectivity index (χ4n) is 2.87. The zero-order chi connectivity index (χ0) is 18.8. The van der Waals surface area contributed by atoms with Gasteiger partial charge in [0.2, 0.25) is 4.96 Å². The third kappa shape index (κ3) is 4.08. The van der Waals surface area contributed by atoms with Crippen LogP contribution in [-0.2, 0) is 13.1 Å². The van der Waals surface area contributed by atoms with Crippen LogP contribution in [0.1, 0.15) is 11.3 Å². The van der Waals surface area contributed by atoms with E-state index in [0.29, 0.717) is 11.5 Å². The number of halogens is 1. The lowest BCUT2D eigenvalue weighted by atomic mass is 10.2. The Kier molecular flexibility index (Phi) is 5.03. The molecule has 27 heavy (non-hydrogen) atoms. The molecule has 2 heterocycles. The molecule has 136 valence electrons. The molecule has 0 bridgehead atoms. The normalized spacial score (nSPS) is 11.4. The standard InChI is InChI=1S/C20H17ClN4OS/c1-24(12-14-7-9-16(21)10-8-14)13-17-11-18(26)25-20(22-17)27-19(23-25)15-5-3-2-4-6-15/h2-11H,12-13H2,1H3. The number of fused-ring (bicyclic) bond motifs is 1. The first-order valence-electron chi connectivity index (χ1n) is 8.47. The van der Waals surface area contributed by atoms with E-state index in [1.54, 1.807) is 6.07 Å². The predicted molar refractivity (Wildman–Crippen MR) is 109 cm³/mol. The number of hydrogen-bond acceptors (Lipinski definition) is 5. The van der Waals surface area contributed by atoms with E-state index in [1.165, 1.54) is 15.9 Å². The van der Waals surface area contributed by atoms with Crippen LogP contribution >= 0.6 is 22.9 Å². The highest BCUT2D eigenvalue weighted by Gasteiger charge is 2.11. The zero-order valence-corrected chi connectivity index (χ0v) is 16.2. The smallest absolute Gasteiger partial charge is 0.275 e. The third-order valence-electron chi connectivity index (χ3n) is 4.12. The van der Waals surface area contributed by atoms with Crippen LogP contribution in [0.15, 0.2) is 65.5 Å². The Bertz CT molecular complexity index is 1120. The molecule has 2 aromatic heterocycles. The number of nitrogens with zero attached hydrogens (tertiary/aromatic N) is 4. The van der Waals surface area contributed by atoms with E-state index in [4.69, 9.17) is 11.6 Å². The maximum Gasteiger partial charge on any atom is 0.275 e. The molecule has 0 saturated carbocycles. The van der Waals surface area contributed by atoms with Crippen LogP contribution in [0.3, 0.4) is 0 Å². The summed E-state index contributed by atoms with van der Waals surface area (Å²) in [6, 6.07) is 19.1. The predicted octanol–water partition coefficient (Wildman–Crippen LogP) is 4.10. The van der Waals surface area contributed by atoms with Gasteiger partial charge in [-0.15, -0.1) is 0 Å². The molecule has 0 spiro atoms. The molecule has 7 heteroatoms. The van der Waals surface area contributed by atoms with E-state index in [-0.39, 0.29) is 5.56 Å².